The van der Waals surface area contributed by atoms with Crippen LogP contribution in [0.2, 0.25) is 0 Å². The zero-order chi connectivity index (χ0) is 15.4. The summed E-state index contributed by atoms with van der Waals surface area (Å²) in [5.41, 5.74) is 2.12. The molecule has 0 unspecified atom stereocenters. The number of rotatable bonds is 3. The fraction of sp³-hybridized carbons (Fsp3) is 0.333. The summed E-state index contributed by atoms with van der Waals surface area (Å²) in [6, 6.07) is 3.58. The molecule has 0 saturated carbocycles. The van der Waals surface area contributed by atoms with Gasteiger partial charge < -0.3 is 15.5 Å². The fourth-order valence-electron chi connectivity index (χ4n) is 2.36. The maximum absolute atomic E-state index is 11.6. The van der Waals surface area contributed by atoms with E-state index >= 15 is 0 Å². The Balaban J connectivity index is 1.82. The van der Waals surface area contributed by atoms with E-state index in [1.165, 1.54) is 0 Å². The van der Waals surface area contributed by atoms with Gasteiger partial charge in [-0.25, -0.2) is 9.97 Å². The largest absolute Gasteiger partial charge is 0.354 e. The Bertz CT molecular complexity index is 651. The maximum Gasteiger partial charge on any atom is 0.269 e. The van der Waals surface area contributed by atoms with E-state index in [0.717, 1.165) is 43.3 Å². The third-order valence-corrected chi connectivity index (χ3v) is 3.59. The SMILES string of the molecule is CNC(=O)c1cc(-c2cnc(N3CCNCC3)nc2)ccn1. The topological polar surface area (TPSA) is 83.0 Å². The van der Waals surface area contributed by atoms with Crippen LogP contribution < -0.4 is 15.5 Å². The highest BCUT2D eigenvalue weighted by atomic mass is 16.1. The molecular weight excluding hydrogens is 280 g/mol. The molecule has 1 saturated heterocycles. The van der Waals surface area contributed by atoms with Gasteiger partial charge in [-0.3, -0.25) is 9.78 Å². The molecule has 2 N–H and O–H groups in total. The van der Waals surface area contributed by atoms with Gasteiger partial charge in [-0.15, -0.1) is 0 Å². The van der Waals surface area contributed by atoms with Crippen molar-refractivity contribution >= 4 is 11.9 Å². The average Bonchev–Trinajstić information content (AvgIpc) is 2.62. The van der Waals surface area contributed by atoms with Crippen LogP contribution in [-0.4, -0.2) is 54.1 Å². The van der Waals surface area contributed by atoms with Crippen LogP contribution in [0, 0.1) is 0 Å². The summed E-state index contributed by atoms with van der Waals surface area (Å²) in [6.45, 7) is 3.72. The highest BCUT2D eigenvalue weighted by Gasteiger charge is 2.13. The number of carbonyl (C=O) groups is 1. The molecule has 1 amide bonds. The van der Waals surface area contributed by atoms with Gasteiger partial charge >= 0.3 is 0 Å². The van der Waals surface area contributed by atoms with Crippen molar-refractivity contribution in [3.8, 4) is 11.1 Å². The standard InChI is InChI=1S/C15H18N6O/c1-16-14(22)13-8-11(2-3-18-13)12-9-19-15(20-10-12)21-6-4-17-5-7-21/h2-3,8-10,17H,4-7H2,1H3,(H,16,22). The molecule has 7 nitrogen and oxygen atoms in total. The van der Waals surface area contributed by atoms with E-state index in [1.807, 2.05) is 6.07 Å². The number of anilines is 1. The normalized spacial score (nSPS) is 14.7. The van der Waals surface area contributed by atoms with Crippen molar-refractivity contribution in [1.29, 1.82) is 0 Å². The van der Waals surface area contributed by atoms with Gasteiger partial charge in [0.1, 0.15) is 5.69 Å². The van der Waals surface area contributed by atoms with E-state index in [0.29, 0.717) is 5.69 Å². The number of hydrogen-bond donors (Lipinski definition) is 2. The van der Waals surface area contributed by atoms with Gasteiger partial charge in [-0.05, 0) is 17.7 Å². The van der Waals surface area contributed by atoms with E-state index in [4.69, 9.17) is 0 Å². The molecule has 0 aromatic carbocycles. The first-order valence-electron chi connectivity index (χ1n) is 7.24. The van der Waals surface area contributed by atoms with Crippen LogP contribution in [0.15, 0.2) is 30.7 Å². The van der Waals surface area contributed by atoms with Gasteiger partial charge in [0, 0.05) is 57.4 Å². The van der Waals surface area contributed by atoms with Crippen LogP contribution in [-0.2, 0) is 0 Å². The molecule has 3 heterocycles. The number of hydrogen-bond acceptors (Lipinski definition) is 6. The Morgan fingerprint density at radius 3 is 2.59 bits per heavy atom. The summed E-state index contributed by atoms with van der Waals surface area (Å²) in [6.07, 6.45) is 5.19. The Morgan fingerprint density at radius 2 is 1.91 bits per heavy atom. The molecule has 1 aliphatic heterocycles. The second kappa shape index (κ2) is 6.48. The zero-order valence-corrected chi connectivity index (χ0v) is 12.4. The van der Waals surface area contributed by atoms with Gasteiger partial charge in [0.05, 0.1) is 0 Å². The lowest BCUT2D eigenvalue weighted by Crippen LogP contribution is -2.44. The molecule has 0 bridgehead atoms. The minimum Gasteiger partial charge on any atom is -0.354 e. The molecule has 2 aromatic heterocycles. The van der Waals surface area contributed by atoms with Gasteiger partial charge in [0.2, 0.25) is 5.95 Å². The zero-order valence-electron chi connectivity index (χ0n) is 12.4. The second-order valence-electron chi connectivity index (χ2n) is 5.02. The van der Waals surface area contributed by atoms with Crippen LogP contribution in [0.4, 0.5) is 5.95 Å². The van der Waals surface area contributed by atoms with E-state index in [-0.39, 0.29) is 5.91 Å². The summed E-state index contributed by atoms with van der Waals surface area (Å²) in [5, 5.41) is 5.87. The summed E-state index contributed by atoms with van der Waals surface area (Å²) >= 11 is 0. The molecule has 1 fully saturated rings. The van der Waals surface area contributed by atoms with Crippen molar-refractivity contribution in [1.82, 2.24) is 25.6 Å². The molecule has 1 aliphatic rings. The second-order valence-corrected chi connectivity index (χ2v) is 5.02. The molecule has 2 aromatic rings. The molecular formula is C15H18N6O. The molecule has 22 heavy (non-hydrogen) atoms. The van der Waals surface area contributed by atoms with Gasteiger partial charge in [-0.1, -0.05) is 0 Å². The van der Waals surface area contributed by atoms with Crippen LogP contribution in [0.25, 0.3) is 11.1 Å². The third-order valence-electron chi connectivity index (χ3n) is 3.59. The predicted octanol–water partition coefficient (Wildman–Crippen LogP) is 0.308. The number of piperazine rings is 1. The smallest absolute Gasteiger partial charge is 0.269 e. The Morgan fingerprint density at radius 1 is 1.18 bits per heavy atom. The first kappa shape index (κ1) is 14.4. The highest BCUT2D eigenvalue weighted by Crippen LogP contribution is 2.19. The first-order chi connectivity index (χ1) is 10.8. The number of carbonyl (C=O) groups excluding carboxylic acids is 1. The Labute approximate surface area is 128 Å². The number of pyridine rings is 1. The Hall–Kier alpha value is -2.54. The third kappa shape index (κ3) is 3.04. The van der Waals surface area contributed by atoms with Crippen molar-refractivity contribution in [2.75, 3.05) is 38.1 Å². The lowest BCUT2D eigenvalue weighted by Gasteiger charge is -2.27. The number of amides is 1. The summed E-state index contributed by atoms with van der Waals surface area (Å²) in [5.74, 6) is 0.533. The number of nitrogens with one attached hydrogen (secondary N) is 2. The molecule has 3 rings (SSSR count). The van der Waals surface area contributed by atoms with Crippen LogP contribution in [0.1, 0.15) is 10.5 Å². The molecule has 0 spiro atoms. The number of nitrogens with zero attached hydrogens (tertiary/aromatic N) is 4. The monoisotopic (exact) mass is 298 g/mol. The molecule has 7 heteroatoms. The van der Waals surface area contributed by atoms with Crippen molar-refractivity contribution < 1.29 is 4.79 Å². The molecule has 0 atom stereocenters. The van der Waals surface area contributed by atoms with E-state index in [2.05, 4.69) is 30.5 Å². The molecule has 114 valence electrons. The highest BCUT2D eigenvalue weighted by molar-refractivity contribution is 5.93. The Kier molecular flexibility index (Phi) is 4.24. The van der Waals surface area contributed by atoms with Crippen LogP contribution >= 0.6 is 0 Å². The van der Waals surface area contributed by atoms with Crippen LogP contribution in [0.3, 0.4) is 0 Å². The van der Waals surface area contributed by atoms with E-state index in [9.17, 15) is 4.79 Å². The maximum atomic E-state index is 11.6. The van der Waals surface area contributed by atoms with Crippen molar-refractivity contribution in [2.24, 2.45) is 0 Å². The number of aromatic nitrogens is 3. The van der Waals surface area contributed by atoms with E-state index in [1.54, 1.807) is 31.7 Å². The van der Waals surface area contributed by atoms with Crippen molar-refractivity contribution in [2.45, 2.75) is 0 Å². The van der Waals surface area contributed by atoms with Gasteiger partial charge in [0.15, 0.2) is 0 Å². The minimum absolute atomic E-state index is 0.208. The summed E-state index contributed by atoms with van der Waals surface area (Å²) < 4.78 is 0. The average molecular weight is 298 g/mol. The van der Waals surface area contributed by atoms with Gasteiger partial charge in [0.25, 0.3) is 5.91 Å². The summed E-state index contributed by atoms with van der Waals surface area (Å²) in [7, 11) is 1.59. The van der Waals surface area contributed by atoms with Crippen molar-refractivity contribution in [3.05, 3.63) is 36.4 Å². The predicted molar refractivity (Wildman–Crippen MR) is 83.7 cm³/mol. The van der Waals surface area contributed by atoms with Crippen molar-refractivity contribution in [3.63, 3.8) is 0 Å². The van der Waals surface area contributed by atoms with Gasteiger partial charge in [-0.2, -0.15) is 0 Å². The van der Waals surface area contributed by atoms with E-state index < -0.39 is 0 Å². The quantitative estimate of drug-likeness (QED) is 0.848. The minimum atomic E-state index is -0.208. The van der Waals surface area contributed by atoms with Crippen LogP contribution in [0.5, 0.6) is 0 Å². The first-order valence-corrected chi connectivity index (χ1v) is 7.24. The fourth-order valence-corrected chi connectivity index (χ4v) is 2.36. The lowest BCUT2D eigenvalue weighted by molar-refractivity contribution is 0.0958. The lowest BCUT2D eigenvalue weighted by atomic mass is 10.1. The molecule has 0 radical (unpaired) electrons. The molecule has 0 aliphatic carbocycles. The summed E-state index contributed by atoms with van der Waals surface area (Å²) in [4.78, 5) is 26.7.